The molecule has 4 nitrogen and oxygen atoms in total. The summed E-state index contributed by atoms with van der Waals surface area (Å²) in [6, 6.07) is 17.3. The number of hydrogen-bond acceptors (Lipinski definition) is 2. The van der Waals surface area contributed by atoms with Gasteiger partial charge in [0.1, 0.15) is 6.04 Å². The lowest BCUT2D eigenvalue weighted by atomic mass is 9.90. The molecule has 0 aromatic heterocycles. The average Bonchev–Trinajstić information content (AvgIpc) is 2.73. The fraction of sp³-hybridized carbons (Fsp3) is 0.417. The quantitative estimate of drug-likeness (QED) is 0.826. The Bertz CT molecular complexity index is 778. The van der Waals surface area contributed by atoms with Crippen molar-refractivity contribution in [3.05, 3.63) is 71.3 Å². The van der Waals surface area contributed by atoms with Crippen LogP contribution in [-0.4, -0.2) is 35.8 Å². The molecule has 1 atom stereocenters. The fourth-order valence-electron chi connectivity index (χ4n) is 3.77. The van der Waals surface area contributed by atoms with Crippen LogP contribution in [0.1, 0.15) is 47.7 Å². The molecule has 1 heterocycles. The summed E-state index contributed by atoms with van der Waals surface area (Å²) in [5, 5.41) is 2.83. The first-order chi connectivity index (χ1) is 13.5. The molecule has 0 aliphatic carbocycles. The van der Waals surface area contributed by atoms with E-state index in [1.165, 1.54) is 17.5 Å². The number of nitrogens with zero attached hydrogens (tertiary/aromatic N) is 1. The van der Waals surface area contributed by atoms with Gasteiger partial charge in [0.25, 0.3) is 5.91 Å². The van der Waals surface area contributed by atoms with Gasteiger partial charge in [0.05, 0.1) is 0 Å². The molecule has 148 valence electrons. The third-order valence-electron chi connectivity index (χ3n) is 5.64. The Morgan fingerprint density at radius 3 is 2.32 bits per heavy atom. The van der Waals surface area contributed by atoms with Gasteiger partial charge < -0.3 is 10.2 Å². The second-order valence-corrected chi connectivity index (χ2v) is 7.85. The van der Waals surface area contributed by atoms with Crippen molar-refractivity contribution in [2.45, 2.75) is 45.6 Å². The first kappa shape index (κ1) is 20.1. The SMILES string of the molecule is Cc1ccc(CCC2CCN(C(=O)[C@H](C)NC(=O)c3ccccc3)CC2)cc1. The molecule has 4 heteroatoms. The van der Waals surface area contributed by atoms with Crippen LogP contribution in [0.2, 0.25) is 0 Å². The van der Waals surface area contributed by atoms with Gasteiger partial charge >= 0.3 is 0 Å². The van der Waals surface area contributed by atoms with Gasteiger partial charge in [-0.15, -0.1) is 0 Å². The van der Waals surface area contributed by atoms with Crippen LogP contribution in [0.15, 0.2) is 54.6 Å². The zero-order valence-corrected chi connectivity index (χ0v) is 16.9. The first-order valence-corrected chi connectivity index (χ1v) is 10.2. The predicted octanol–water partition coefficient (Wildman–Crippen LogP) is 3.98. The fourth-order valence-corrected chi connectivity index (χ4v) is 3.77. The lowest BCUT2D eigenvalue weighted by Gasteiger charge is -2.33. The van der Waals surface area contributed by atoms with Crippen molar-refractivity contribution in [2.24, 2.45) is 5.92 Å². The van der Waals surface area contributed by atoms with E-state index in [1.54, 1.807) is 19.1 Å². The molecule has 1 aliphatic heterocycles. The molecule has 0 saturated carbocycles. The minimum Gasteiger partial charge on any atom is -0.341 e. The van der Waals surface area contributed by atoms with Crippen LogP contribution in [-0.2, 0) is 11.2 Å². The van der Waals surface area contributed by atoms with Crippen molar-refractivity contribution >= 4 is 11.8 Å². The summed E-state index contributed by atoms with van der Waals surface area (Å²) in [5.41, 5.74) is 3.27. The third kappa shape index (κ3) is 5.44. The summed E-state index contributed by atoms with van der Waals surface area (Å²) in [6.07, 6.45) is 4.35. The van der Waals surface area contributed by atoms with E-state index in [2.05, 4.69) is 36.5 Å². The number of hydrogen-bond donors (Lipinski definition) is 1. The molecule has 0 bridgehead atoms. The van der Waals surface area contributed by atoms with E-state index in [-0.39, 0.29) is 11.8 Å². The molecule has 1 fully saturated rings. The Kier molecular flexibility index (Phi) is 6.85. The lowest BCUT2D eigenvalue weighted by molar-refractivity contribution is -0.134. The molecule has 28 heavy (non-hydrogen) atoms. The number of amides is 2. The molecule has 1 N–H and O–H groups in total. The smallest absolute Gasteiger partial charge is 0.251 e. The highest BCUT2D eigenvalue weighted by molar-refractivity contribution is 5.97. The number of likely N-dealkylation sites (tertiary alicyclic amines) is 1. The van der Waals surface area contributed by atoms with Crippen LogP contribution in [0.3, 0.4) is 0 Å². The van der Waals surface area contributed by atoms with Crippen molar-refractivity contribution in [3.8, 4) is 0 Å². The van der Waals surface area contributed by atoms with Gasteiger partial charge in [0, 0.05) is 18.7 Å². The van der Waals surface area contributed by atoms with Crippen LogP contribution in [0, 0.1) is 12.8 Å². The number of carbonyl (C=O) groups is 2. The van der Waals surface area contributed by atoms with Gasteiger partial charge in [-0.1, -0.05) is 48.0 Å². The topological polar surface area (TPSA) is 49.4 Å². The Morgan fingerprint density at radius 1 is 1.04 bits per heavy atom. The van der Waals surface area contributed by atoms with E-state index in [9.17, 15) is 9.59 Å². The number of piperidine rings is 1. The molecule has 2 aromatic rings. The summed E-state index contributed by atoms with van der Waals surface area (Å²) in [6.45, 7) is 5.44. The number of benzene rings is 2. The Hall–Kier alpha value is -2.62. The van der Waals surface area contributed by atoms with Gasteiger partial charge in [-0.25, -0.2) is 0 Å². The van der Waals surface area contributed by atoms with E-state index in [1.807, 2.05) is 23.1 Å². The minimum atomic E-state index is -0.503. The highest BCUT2D eigenvalue weighted by Gasteiger charge is 2.26. The Morgan fingerprint density at radius 2 is 1.68 bits per heavy atom. The van der Waals surface area contributed by atoms with Gasteiger partial charge in [0.15, 0.2) is 0 Å². The van der Waals surface area contributed by atoms with Crippen molar-refractivity contribution in [3.63, 3.8) is 0 Å². The van der Waals surface area contributed by atoms with E-state index in [0.29, 0.717) is 11.5 Å². The van der Waals surface area contributed by atoms with Gasteiger partial charge in [-0.05, 0) is 63.1 Å². The van der Waals surface area contributed by atoms with E-state index >= 15 is 0 Å². The highest BCUT2D eigenvalue weighted by Crippen LogP contribution is 2.23. The number of carbonyl (C=O) groups excluding carboxylic acids is 2. The van der Waals surface area contributed by atoms with E-state index in [4.69, 9.17) is 0 Å². The lowest BCUT2D eigenvalue weighted by Crippen LogP contribution is -2.49. The summed E-state index contributed by atoms with van der Waals surface area (Å²) in [4.78, 5) is 26.8. The van der Waals surface area contributed by atoms with Crippen LogP contribution in [0.5, 0.6) is 0 Å². The average molecular weight is 379 g/mol. The Labute approximate surface area is 167 Å². The summed E-state index contributed by atoms with van der Waals surface area (Å²) < 4.78 is 0. The molecule has 1 saturated heterocycles. The maximum atomic E-state index is 12.7. The molecule has 0 spiro atoms. The van der Waals surface area contributed by atoms with Crippen LogP contribution < -0.4 is 5.32 Å². The first-order valence-electron chi connectivity index (χ1n) is 10.2. The second-order valence-electron chi connectivity index (χ2n) is 7.85. The molecular weight excluding hydrogens is 348 g/mol. The zero-order valence-electron chi connectivity index (χ0n) is 16.9. The number of rotatable bonds is 6. The summed E-state index contributed by atoms with van der Waals surface area (Å²) in [5.74, 6) is 0.482. The highest BCUT2D eigenvalue weighted by atomic mass is 16.2. The van der Waals surface area contributed by atoms with Crippen LogP contribution in [0.4, 0.5) is 0 Å². The number of nitrogens with one attached hydrogen (secondary N) is 1. The molecule has 3 rings (SSSR count). The van der Waals surface area contributed by atoms with Gasteiger partial charge in [-0.3, -0.25) is 9.59 Å². The monoisotopic (exact) mass is 378 g/mol. The standard InChI is InChI=1S/C24H30N2O2/c1-18-8-10-20(11-9-18)12-13-21-14-16-26(17-15-21)24(28)19(2)25-23(27)22-6-4-3-5-7-22/h3-11,19,21H,12-17H2,1-2H3,(H,25,27)/t19-/m0/s1. The van der Waals surface area contributed by atoms with Gasteiger partial charge in [-0.2, -0.15) is 0 Å². The maximum absolute atomic E-state index is 12.7. The Balaban J connectivity index is 1.42. The van der Waals surface area contributed by atoms with E-state index < -0.39 is 6.04 Å². The minimum absolute atomic E-state index is 0.0151. The maximum Gasteiger partial charge on any atom is 0.251 e. The predicted molar refractivity (Wildman–Crippen MR) is 112 cm³/mol. The van der Waals surface area contributed by atoms with Crippen LogP contribution >= 0.6 is 0 Å². The summed E-state index contributed by atoms with van der Waals surface area (Å²) in [7, 11) is 0. The van der Waals surface area contributed by atoms with Crippen molar-refractivity contribution in [1.82, 2.24) is 10.2 Å². The molecular formula is C24H30N2O2. The summed E-state index contributed by atoms with van der Waals surface area (Å²) >= 11 is 0. The zero-order chi connectivity index (χ0) is 19.9. The van der Waals surface area contributed by atoms with E-state index in [0.717, 1.165) is 32.4 Å². The largest absolute Gasteiger partial charge is 0.341 e. The molecule has 2 aromatic carbocycles. The normalized spacial score (nSPS) is 15.9. The second kappa shape index (κ2) is 9.54. The van der Waals surface area contributed by atoms with Crippen LogP contribution in [0.25, 0.3) is 0 Å². The molecule has 1 aliphatic rings. The van der Waals surface area contributed by atoms with Crippen molar-refractivity contribution < 1.29 is 9.59 Å². The molecule has 0 radical (unpaired) electrons. The van der Waals surface area contributed by atoms with Gasteiger partial charge in [0.2, 0.25) is 5.91 Å². The van der Waals surface area contributed by atoms with Crippen molar-refractivity contribution in [2.75, 3.05) is 13.1 Å². The molecule has 0 unspecified atom stereocenters. The third-order valence-corrected chi connectivity index (χ3v) is 5.64. The number of aryl methyl sites for hydroxylation is 2. The molecule has 2 amide bonds. The van der Waals surface area contributed by atoms with Crippen molar-refractivity contribution in [1.29, 1.82) is 0 Å².